The van der Waals surface area contributed by atoms with Crippen molar-refractivity contribution in [2.45, 2.75) is 31.7 Å². The number of hydrogen-bond donors (Lipinski definition) is 3. The van der Waals surface area contributed by atoms with Gasteiger partial charge in [0.2, 0.25) is 5.91 Å². The predicted octanol–water partition coefficient (Wildman–Crippen LogP) is 2.13. The van der Waals surface area contributed by atoms with Crippen LogP contribution in [-0.2, 0) is 4.79 Å². The van der Waals surface area contributed by atoms with Gasteiger partial charge in [0.05, 0.1) is 0 Å². The first-order chi connectivity index (χ1) is 10.6. The summed E-state index contributed by atoms with van der Waals surface area (Å²) in [7, 11) is 0. The van der Waals surface area contributed by atoms with Crippen LogP contribution in [0.25, 0.3) is 0 Å². The maximum Gasteiger partial charge on any atom is 0.251 e. The van der Waals surface area contributed by atoms with E-state index in [-0.39, 0.29) is 30.3 Å². The lowest BCUT2D eigenvalue weighted by atomic mass is 10.2. The van der Waals surface area contributed by atoms with E-state index in [1.54, 1.807) is 24.3 Å². The van der Waals surface area contributed by atoms with Crippen molar-refractivity contribution in [1.82, 2.24) is 10.6 Å². The van der Waals surface area contributed by atoms with Crippen LogP contribution in [0.1, 0.15) is 36.0 Å². The number of carbonyl (C=O) groups is 2. The lowest BCUT2D eigenvalue weighted by molar-refractivity contribution is -0.121. The van der Waals surface area contributed by atoms with Crippen LogP contribution in [0.2, 0.25) is 5.02 Å². The first-order valence-corrected chi connectivity index (χ1v) is 8.00. The molecule has 0 radical (unpaired) electrons. The Morgan fingerprint density at radius 2 is 1.87 bits per heavy atom. The van der Waals surface area contributed by atoms with Crippen molar-refractivity contribution in [2.24, 2.45) is 11.7 Å². The summed E-state index contributed by atoms with van der Waals surface area (Å²) in [5.74, 6) is 0.406. The van der Waals surface area contributed by atoms with E-state index in [4.69, 9.17) is 17.3 Å². The Morgan fingerprint density at radius 3 is 2.48 bits per heavy atom. The fraction of sp³-hybridized carbons (Fsp3) is 0.500. The minimum absolute atomic E-state index is 0. The summed E-state index contributed by atoms with van der Waals surface area (Å²) in [6.07, 6.45) is 3.34. The van der Waals surface area contributed by atoms with Crippen LogP contribution in [0.15, 0.2) is 24.3 Å². The molecule has 1 aliphatic rings. The zero-order chi connectivity index (χ0) is 15.9. The minimum Gasteiger partial charge on any atom is -0.355 e. The number of nitrogens with one attached hydrogen (secondary N) is 2. The van der Waals surface area contributed by atoms with Crippen molar-refractivity contribution in [3.05, 3.63) is 34.9 Å². The third-order valence-corrected chi connectivity index (χ3v) is 3.99. The Hall–Kier alpha value is -1.30. The lowest BCUT2D eigenvalue weighted by Gasteiger charge is -2.11. The highest BCUT2D eigenvalue weighted by atomic mass is 35.5. The summed E-state index contributed by atoms with van der Waals surface area (Å²) in [5, 5.41) is 6.21. The van der Waals surface area contributed by atoms with Crippen molar-refractivity contribution in [1.29, 1.82) is 0 Å². The highest BCUT2D eigenvalue weighted by molar-refractivity contribution is 6.30. The topological polar surface area (TPSA) is 84.2 Å². The molecule has 1 aliphatic carbocycles. The maximum absolute atomic E-state index is 11.8. The van der Waals surface area contributed by atoms with Crippen molar-refractivity contribution in [3.63, 3.8) is 0 Å². The molecule has 0 bridgehead atoms. The van der Waals surface area contributed by atoms with E-state index >= 15 is 0 Å². The molecule has 1 atom stereocenters. The second kappa shape index (κ2) is 9.75. The standard InChI is InChI=1S/C16H22ClN3O2.ClH/c17-13-7-5-12(6-8-13)16(22)19-9-1-2-15(21)20-10-14(18)11-3-4-11;/h5-8,11,14H,1-4,9-10,18H2,(H,19,22)(H,20,21);1H. The van der Waals surface area contributed by atoms with Crippen molar-refractivity contribution in [2.75, 3.05) is 13.1 Å². The SMILES string of the molecule is Cl.NC(CNC(=O)CCCNC(=O)c1ccc(Cl)cc1)C1CC1. The molecule has 1 saturated carbocycles. The van der Waals surface area contributed by atoms with Gasteiger partial charge in [0.25, 0.3) is 5.91 Å². The third kappa shape index (κ3) is 7.20. The molecule has 0 heterocycles. The number of carbonyl (C=O) groups excluding carboxylic acids is 2. The van der Waals surface area contributed by atoms with Crippen LogP contribution >= 0.6 is 24.0 Å². The van der Waals surface area contributed by atoms with E-state index < -0.39 is 0 Å². The fourth-order valence-electron chi connectivity index (χ4n) is 2.17. The molecule has 1 aromatic rings. The number of rotatable bonds is 8. The van der Waals surface area contributed by atoms with Gasteiger partial charge in [-0.3, -0.25) is 9.59 Å². The van der Waals surface area contributed by atoms with Crippen molar-refractivity contribution >= 4 is 35.8 Å². The van der Waals surface area contributed by atoms with E-state index in [0.717, 1.165) is 0 Å². The highest BCUT2D eigenvalue weighted by Gasteiger charge is 2.28. The second-order valence-corrected chi connectivity index (χ2v) is 6.11. The molecular weight excluding hydrogens is 337 g/mol. The molecule has 128 valence electrons. The molecule has 1 unspecified atom stereocenters. The quantitative estimate of drug-likeness (QED) is 0.621. The number of amides is 2. The average molecular weight is 360 g/mol. The largest absolute Gasteiger partial charge is 0.355 e. The van der Waals surface area contributed by atoms with Gasteiger partial charge in [0.15, 0.2) is 0 Å². The summed E-state index contributed by atoms with van der Waals surface area (Å²) < 4.78 is 0. The predicted molar refractivity (Wildman–Crippen MR) is 94.0 cm³/mol. The van der Waals surface area contributed by atoms with Crippen LogP contribution < -0.4 is 16.4 Å². The molecular formula is C16H23Cl2N3O2. The van der Waals surface area contributed by atoms with Gasteiger partial charge in [-0.2, -0.15) is 0 Å². The summed E-state index contributed by atoms with van der Waals surface area (Å²) in [6.45, 7) is 1.00. The monoisotopic (exact) mass is 359 g/mol. The molecule has 1 aromatic carbocycles. The van der Waals surface area contributed by atoms with E-state index in [2.05, 4.69) is 10.6 Å². The van der Waals surface area contributed by atoms with Gasteiger partial charge in [-0.05, 0) is 49.4 Å². The van der Waals surface area contributed by atoms with E-state index in [1.807, 2.05) is 0 Å². The summed E-state index contributed by atoms with van der Waals surface area (Å²) in [5.41, 5.74) is 6.48. The number of nitrogens with two attached hydrogens (primary N) is 1. The Balaban J connectivity index is 0.00000264. The molecule has 4 N–H and O–H groups in total. The van der Waals surface area contributed by atoms with Gasteiger partial charge in [0.1, 0.15) is 0 Å². The summed E-state index contributed by atoms with van der Waals surface area (Å²) >= 11 is 5.77. The van der Waals surface area contributed by atoms with Crippen LogP contribution in [0.3, 0.4) is 0 Å². The Kier molecular flexibility index (Phi) is 8.37. The normalized spacial score (nSPS) is 14.5. The maximum atomic E-state index is 11.8. The zero-order valence-corrected chi connectivity index (χ0v) is 14.5. The molecule has 2 amide bonds. The van der Waals surface area contributed by atoms with Gasteiger partial charge in [-0.15, -0.1) is 12.4 Å². The van der Waals surface area contributed by atoms with Crippen LogP contribution in [0, 0.1) is 5.92 Å². The fourth-order valence-corrected chi connectivity index (χ4v) is 2.29. The molecule has 2 rings (SSSR count). The van der Waals surface area contributed by atoms with Crippen LogP contribution in [0.4, 0.5) is 0 Å². The van der Waals surface area contributed by atoms with E-state index in [0.29, 0.717) is 42.4 Å². The number of halogens is 2. The van der Waals surface area contributed by atoms with Gasteiger partial charge < -0.3 is 16.4 Å². The average Bonchev–Trinajstić information content (AvgIpc) is 3.34. The molecule has 7 heteroatoms. The summed E-state index contributed by atoms with van der Waals surface area (Å²) in [4.78, 5) is 23.5. The lowest BCUT2D eigenvalue weighted by Crippen LogP contribution is -2.38. The van der Waals surface area contributed by atoms with E-state index in [1.165, 1.54) is 12.8 Å². The van der Waals surface area contributed by atoms with Gasteiger partial charge in [0, 0.05) is 36.1 Å². The van der Waals surface area contributed by atoms with E-state index in [9.17, 15) is 9.59 Å². The molecule has 23 heavy (non-hydrogen) atoms. The summed E-state index contributed by atoms with van der Waals surface area (Å²) in [6, 6.07) is 6.77. The van der Waals surface area contributed by atoms with Gasteiger partial charge in [-0.25, -0.2) is 0 Å². The second-order valence-electron chi connectivity index (χ2n) is 5.67. The molecule has 0 aromatic heterocycles. The highest BCUT2D eigenvalue weighted by Crippen LogP contribution is 2.31. The number of hydrogen-bond acceptors (Lipinski definition) is 3. The van der Waals surface area contributed by atoms with Crippen LogP contribution in [-0.4, -0.2) is 30.9 Å². The molecule has 1 fully saturated rings. The molecule has 0 saturated heterocycles. The van der Waals surface area contributed by atoms with Crippen molar-refractivity contribution in [3.8, 4) is 0 Å². The Morgan fingerprint density at radius 1 is 1.22 bits per heavy atom. The minimum atomic E-state index is -0.159. The third-order valence-electron chi connectivity index (χ3n) is 3.74. The molecule has 0 aliphatic heterocycles. The number of benzene rings is 1. The molecule has 5 nitrogen and oxygen atoms in total. The van der Waals surface area contributed by atoms with Crippen LogP contribution in [0.5, 0.6) is 0 Å². The Labute approximate surface area is 147 Å². The van der Waals surface area contributed by atoms with Crippen molar-refractivity contribution < 1.29 is 9.59 Å². The Bertz CT molecular complexity index is 519. The first kappa shape index (κ1) is 19.7. The molecule has 0 spiro atoms. The van der Waals surface area contributed by atoms with Gasteiger partial charge in [-0.1, -0.05) is 11.6 Å². The smallest absolute Gasteiger partial charge is 0.251 e. The first-order valence-electron chi connectivity index (χ1n) is 7.62. The van der Waals surface area contributed by atoms with Gasteiger partial charge >= 0.3 is 0 Å². The zero-order valence-electron chi connectivity index (χ0n) is 12.9.